The van der Waals surface area contributed by atoms with Crippen molar-refractivity contribution in [2.45, 2.75) is 19.9 Å². The van der Waals surface area contributed by atoms with Crippen molar-refractivity contribution in [1.29, 1.82) is 0 Å². The zero-order valence-electron chi connectivity index (χ0n) is 14.1. The highest BCUT2D eigenvalue weighted by Gasteiger charge is 2.16. The fourth-order valence-electron chi connectivity index (χ4n) is 3.00. The molecule has 0 saturated carbocycles. The molecule has 0 N–H and O–H groups in total. The lowest BCUT2D eigenvalue weighted by atomic mass is 10.0. The fourth-order valence-corrected chi connectivity index (χ4v) is 3.00. The highest BCUT2D eigenvalue weighted by atomic mass is 16.3. The van der Waals surface area contributed by atoms with Gasteiger partial charge in [-0.15, -0.1) is 5.10 Å². The number of hydrogen-bond acceptors (Lipinski definition) is 4. The quantitative estimate of drug-likeness (QED) is 0.552. The van der Waals surface area contributed by atoms with Crippen LogP contribution in [0.1, 0.15) is 24.2 Å². The molecule has 0 radical (unpaired) electrons. The molecule has 3 heterocycles. The van der Waals surface area contributed by atoms with Crippen molar-refractivity contribution in [3.05, 3.63) is 78.4 Å². The minimum atomic E-state index is 0.0122. The first kappa shape index (κ1) is 15.3. The van der Waals surface area contributed by atoms with E-state index in [0.29, 0.717) is 0 Å². The minimum Gasteiger partial charge on any atom is -0.464 e. The first-order chi connectivity index (χ1) is 12.2. The van der Waals surface area contributed by atoms with Crippen molar-refractivity contribution in [1.82, 2.24) is 20.0 Å². The summed E-state index contributed by atoms with van der Waals surface area (Å²) in [6, 6.07) is 15.9. The molecule has 1 atom stereocenters. The molecule has 0 spiro atoms. The Balaban J connectivity index is 1.73. The summed E-state index contributed by atoms with van der Waals surface area (Å²) in [6.07, 6.45) is 5.44. The summed E-state index contributed by atoms with van der Waals surface area (Å²) in [7, 11) is 0. The second-order valence-corrected chi connectivity index (χ2v) is 5.99. The molecule has 0 bridgehead atoms. The Hall–Kier alpha value is -3.21. The van der Waals surface area contributed by atoms with Crippen molar-refractivity contribution in [2.24, 2.45) is 0 Å². The number of hydrogen-bond donors (Lipinski definition) is 0. The van der Waals surface area contributed by atoms with Gasteiger partial charge in [0.2, 0.25) is 0 Å². The molecular formula is C20H18N4O. The van der Waals surface area contributed by atoms with Crippen molar-refractivity contribution >= 4 is 0 Å². The number of nitrogens with zero attached hydrogens (tertiary/aromatic N) is 4. The molecule has 0 aliphatic heterocycles. The van der Waals surface area contributed by atoms with Gasteiger partial charge in [-0.25, -0.2) is 4.68 Å². The average molecular weight is 330 g/mol. The van der Waals surface area contributed by atoms with Crippen LogP contribution >= 0.6 is 0 Å². The van der Waals surface area contributed by atoms with E-state index in [2.05, 4.69) is 35.2 Å². The van der Waals surface area contributed by atoms with Gasteiger partial charge in [0.25, 0.3) is 0 Å². The fraction of sp³-hybridized carbons (Fsp3) is 0.150. The zero-order chi connectivity index (χ0) is 17.2. The third-order valence-electron chi connectivity index (χ3n) is 4.34. The van der Waals surface area contributed by atoms with Gasteiger partial charge in [-0.05, 0) is 37.6 Å². The lowest BCUT2D eigenvalue weighted by Gasteiger charge is -2.12. The number of furan rings is 1. The molecule has 0 amide bonds. The smallest absolute Gasteiger partial charge is 0.134 e. The van der Waals surface area contributed by atoms with E-state index in [0.717, 1.165) is 33.8 Å². The van der Waals surface area contributed by atoms with E-state index in [1.807, 2.05) is 59.5 Å². The second kappa shape index (κ2) is 6.36. The number of aromatic nitrogens is 4. The lowest BCUT2D eigenvalue weighted by Crippen LogP contribution is -2.10. The SMILES string of the molecule is Cc1cccnc1C(C)n1cc(-c2ccccc2-c2ccco2)nn1. The summed E-state index contributed by atoms with van der Waals surface area (Å²) in [5.41, 5.74) is 4.95. The zero-order valence-corrected chi connectivity index (χ0v) is 14.1. The van der Waals surface area contributed by atoms with Gasteiger partial charge in [0.15, 0.2) is 0 Å². The van der Waals surface area contributed by atoms with Gasteiger partial charge in [0, 0.05) is 17.3 Å². The van der Waals surface area contributed by atoms with Crippen LogP contribution in [0.15, 0.2) is 71.6 Å². The molecule has 5 nitrogen and oxygen atoms in total. The molecule has 3 aromatic heterocycles. The van der Waals surface area contributed by atoms with E-state index < -0.39 is 0 Å². The molecule has 25 heavy (non-hydrogen) atoms. The third kappa shape index (κ3) is 2.85. The van der Waals surface area contributed by atoms with Gasteiger partial charge in [-0.1, -0.05) is 35.5 Å². The van der Waals surface area contributed by atoms with E-state index >= 15 is 0 Å². The lowest BCUT2D eigenvalue weighted by molar-refractivity contribution is 0.529. The Morgan fingerprint density at radius 1 is 1.00 bits per heavy atom. The first-order valence-corrected chi connectivity index (χ1v) is 8.20. The molecule has 0 aliphatic carbocycles. The van der Waals surface area contributed by atoms with Crippen LogP contribution in [0.4, 0.5) is 0 Å². The number of aryl methyl sites for hydroxylation is 1. The van der Waals surface area contributed by atoms with Crippen LogP contribution in [0.5, 0.6) is 0 Å². The van der Waals surface area contributed by atoms with E-state index in [4.69, 9.17) is 4.42 Å². The average Bonchev–Trinajstić information content (AvgIpc) is 3.33. The normalized spacial score (nSPS) is 12.2. The highest BCUT2D eigenvalue weighted by Crippen LogP contribution is 2.31. The number of rotatable bonds is 4. The van der Waals surface area contributed by atoms with Crippen molar-refractivity contribution in [3.63, 3.8) is 0 Å². The topological polar surface area (TPSA) is 56.7 Å². The van der Waals surface area contributed by atoms with Gasteiger partial charge in [0.1, 0.15) is 11.5 Å². The molecule has 0 saturated heterocycles. The molecule has 124 valence electrons. The van der Waals surface area contributed by atoms with Crippen LogP contribution in [-0.4, -0.2) is 20.0 Å². The number of benzene rings is 1. The standard InChI is InChI=1S/C20H18N4O/c1-14-7-5-11-21-20(14)15(2)24-13-18(22-23-24)16-8-3-4-9-17(16)19-10-6-12-25-19/h3-13,15H,1-2H3. The summed E-state index contributed by atoms with van der Waals surface area (Å²) in [5.74, 6) is 0.818. The Morgan fingerprint density at radius 2 is 1.84 bits per heavy atom. The minimum absolute atomic E-state index is 0.0122. The Morgan fingerprint density at radius 3 is 2.60 bits per heavy atom. The predicted molar refractivity (Wildman–Crippen MR) is 95.9 cm³/mol. The van der Waals surface area contributed by atoms with Crippen LogP contribution in [0, 0.1) is 6.92 Å². The van der Waals surface area contributed by atoms with E-state index in [1.54, 1.807) is 6.26 Å². The maximum atomic E-state index is 5.56. The molecule has 0 fully saturated rings. The molecule has 4 rings (SSSR count). The first-order valence-electron chi connectivity index (χ1n) is 8.20. The summed E-state index contributed by atoms with van der Waals surface area (Å²) in [4.78, 5) is 4.49. The maximum absolute atomic E-state index is 5.56. The second-order valence-electron chi connectivity index (χ2n) is 5.99. The molecule has 1 unspecified atom stereocenters. The largest absolute Gasteiger partial charge is 0.464 e. The number of pyridine rings is 1. The Labute approximate surface area is 146 Å². The van der Waals surface area contributed by atoms with Crippen LogP contribution in [-0.2, 0) is 0 Å². The van der Waals surface area contributed by atoms with Gasteiger partial charge in [-0.2, -0.15) is 0 Å². The van der Waals surface area contributed by atoms with Gasteiger partial charge < -0.3 is 4.42 Å². The molecule has 0 aliphatic rings. The van der Waals surface area contributed by atoms with Crippen LogP contribution in [0.3, 0.4) is 0 Å². The summed E-state index contributed by atoms with van der Waals surface area (Å²) in [6.45, 7) is 4.13. The molecule has 4 aromatic rings. The van der Waals surface area contributed by atoms with Gasteiger partial charge >= 0.3 is 0 Å². The van der Waals surface area contributed by atoms with Crippen molar-refractivity contribution in [2.75, 3.05) is 0 Å². The predicted octanol–water partition coefficient (Wildman–Crippen LogP) is 4.52. The monoisotopic (exact) mass is 330 g/mol. The van der Waals surface area contributed by atoms with Gasteiger partial charge in [-0.3, -0.25) is 4.98 Å². The Kier molecular flexibility index (Phi) is 3.90. The molecule has 5 heteroatoms. The highest BCUT2D eigenvalue weighted by molar-refractivity contribution is 5.78. The molecular weight excluding hydrogens is 312 g/mol. The van der Waals surface area contributed by atoms with E-state index in [1.165, 1.54) is 0 Å². The van der Waals surface area contributed by atoms with Crippen molar-refractivity contribution < 1.29 is 4.42 Å². The molecule has 1 aromatic carbocycles. The van der Waals surface area contributed by atoms with Crippen molar-refractivity contribution in [3.8, 4) is 22.6 Å². The van der Waals surface area contributed by atoms with E-state index in [9.17, 15) is 0 Å². The summed E-state index contributed by atoms with van der Waals surface area (Å²) < 4.78 is 7.41. The van der Waals surface area contributed by atoms with Crippen LogP contribution in [0.25, 0.3) is 22.6 Å². The maximum Gasteiger partial charge on any atom is 0.134 e. The summed E-state index contributed by atoms with van der Waals surface area (Å²) >= 11 is 0. The van der Waals surface area contributed by atoms with Gasteiger partial charge in [0.05, 0.1) is 24.2 Å². The van der Waals surface area contributed by atoms with Crippen LogP contribution in [0.2, 0.25) is 0 Å². The summed E-state index contributed by atoms with van der Waals surface area (Å²) in [5, 5.41) is 8.71. The van der Waals surface area contributed by atoms with E-state index in [-0.39, 0.29) is 6.04 Å². The Bertz CT molecular complexity index is 988. The van der Waals surface area contributed by atoms with Crippen LogP contribution < -0.4 is 0 Å². The third-order valence-corrected chi connectivity index (χ3v) is 4.34.